The molecular weight excluding hydrogens is 265 g/mol. The summed E-state index contributed by atoms with van der Waals surface area (Å²) in [6, 6.07) is 0. The van der Waals surface area contributed by atoms with Gasteiger partial charge in [0.2, 0.25) is 0 Å². The van der Waals surface area contributed by atoms with Gasteiger partial charge in [0, 0.05) is 0 Å². The molecule has 0 N–H and O–H groups in total. The molecule has 0 spiro atoms. The minimum atomic E-state index is 0. The standard InChI is InChI=1S/C8H11.CH3.3ClH.V/c1-2-5-8-6-3-4-7-8;;;;;/h3,6H,2,4-5H2,1H3;1H3;3*1H;/q2*-1;;;;+2. The van der Waals surface area contributed by atoms with E-state index in [1.807, 2.05) is 0 Å². The first-order valence-corrected chi connectivity index (χ1v) is 3.19. The summed E-state index contributed by atoms with van der Waals surface area (Å²) in [7, 11) is 0. The quantitative estimate of drug-likeness (QED) is 0.666. The van der Waals surface area contributed by atoms with E-state index in [-0.39, 0.29) is 63.2 Å². The van der Waals surface area contributed by atoms with E-state index in [4.69, 9.17) is 0 Å². The normalized spacial score (nSPS) is 10.4. The van der Waals surface area contributed by atoms with E-state index in [0.717, 1.165) is 6.42 Å². The number of hydrogen-bond acceptors (Lipinski definition) is 0. The van der Waals surface area contributed by atoms with Crippen LogP contribution < -0.4 is 0 Å². The number of rotatable bonds is 2. The number of halogens is 3. The van der Waals surface area contributed by atoms with Gasteiger partial charge in [-0.25, -0.2) is 11.6 Å². The molecule has 79 valence electrons. The van der Waals surface area contributed by atoms with Gasteiger partial charge in [-0.05, 0) is 0 Å². The Kier molecular flexibility index (Phi) is 41.9. The zero-order valence-electron chi connectivity index (χ0n) is 7.95. The second-order valence-corrected chi connectivity index (χ2v) is 2.06. The minimum absolute atomic E-state index is 0. The minimum Gasteiger partial charge on any atom is -0.358 e. The maximum Gasteiger partial charge on any atom is 2.00 e. The predicted octanol–water partition coefficient (Wildman–Crippen LogP) is 4.19. The summed E-state index contributed by atoms with van der Waals surface area (Å²) >= 11 is 0. The first kappa shape index (κ1) is 29.2. The van der Waals surface area contributed by atoms with Gasteiger partial charge in [-0.3, -0.25) is 6.08 Å². The number of hydrogen-bond donors (Lipinski definition) is 0. The molecule has 0 aromatic carbocycles. The van der Waals surface area contributed by atoms with Crippen LogP contribution in [0.15, 0.2) is 17.7 Å². The topological polar surface area (TPSA) is 0 Å². The van der Waals surface area contributed by atoms with E-state index in [9.17, 15) is 0 Å². The summed E-state index contributed by atoms with van der Waals surface area (Å²) in [5, 5.41) is 0. The molecule has 1 aliphatic rings. The molecule has 0 fully saturated rings. The third kappa shape index (κ3) is 12.9. The third-order valence-electron chi connectivity index (χ3n) is 1.29. The average Bonchev–Trinajstić information content (AvgIpc) is 2.19. The van der Waals surface area contributed by atoms with Crippen molar-refractivity contribution in [1.29, 1.82) is 0 Å². The molecule has 0 saturated carbocycles. The van der Waals surface area contributed by atoms with Crippen LogP contribution >= 0.6 is 37.2 Å². The van der Waals surface area contributed by atoms with Crippen LogP contribution in [-0.2, 0) is 18.6 Å². The van der Waals surface area contributed by atoms with Crippen LogP contribution in [0.3, 0.4) is 0 Å². The Morgan fingerprint density at radius 2 is 1.85 bits per heavy atom. The third-order valence-corrected chi connectivity index (χ3v) is 1.29. The summed E-state index contributed by atoms with van der Waals surface area (Å²) in [4.78, 5) is 0. The largest absolute Gasteiger partial charge is 2.00 e. The molecule has 0 atom stereocenters. The van der Waals surface area contributed by atoms with Crippen molar-refractivity contribution < 1.29 is 18.6 Å². The molecule has 0 aliphatic heterocycles. The van der Waals surface area contributed by atoms with Gasteiger partial charge < -0.3 is 7.43 Å². The average molecular weight is 283 g/mol. The summed E-state index contributed by atoms with van der Waals surface area (Å²) in [6.45, 7) is 2.20. The Morgan fingerprint density at radius 3 is 2.15 bits per heavy atom. The van der Waals surface area contributed by atoms with E-state index in [1.54, 1.807) is 0 Å². The van der Waals surface area contributed by atoms with Crippen LogP contribution in [0.25, 0.3) is 0 Å². The van der Waals surface area contributed by atoms with Gasteiger partial charge in [-0.2, -0.15) is 6.08 Å². The summed E-state index contributed by atoms with van der Waals surface area (Å²) in [5.74, 6) is 0. The molecule has 1 rings (SSSR count). The predicted molar refractivity (Wildman–Crippen MR) is 63.6 cm³/mol. The maximum absolute atomic E-state index is 3.26. The second-order valence-electron chi connectivity index (χ2n) is 2.06. The fourth-order valence-electron chi connectivity index (χ4n) is 0.891. The molecule has 0 unspecified atom stereocenters. The van der Waals surface area contributed by atoms with Gasteiger partial charge in [0.1, 0.15) is 0 Å². The Hall–Kier alpha value is 0.934. The molecule has 0 heterocycles. The van der Waals surface area contributed by atoms with Crippen molar-refractivity contribution in [3.63, 3.8) is 0 Å². The van der Waals surface area contributed by atoms with E-state index < -0.39 is 0 Å². The van der Waals surface area contributed by atoms with Crippen molar-refractivity contribution in [3.8, 4) is 0 Å². The Labute approximate surface area is 113 Å². The summed E-state index contributed by atoms with van der Waals surface area (Å²) < 4.78 is 0. The van der Waals surface area contributed by atoms with Crippen LogP contribution in [0.5, 0.6) is 0 Å². The second kappa shape index (κ2) is 18.7. The maximum atomic E-state index is 3.26. The first-order chi connectivity index (χ1) is 3.93. The molecule has 1 radical (unpaired) electrons. The van der Waals surface area contributed by atoms with Crippen molar-refractivity contribution in [2.24, 2.45) is 0 Å². The van der Waals surface area contributed by atoms with Gasteiger partial charge in [0.25, 0.3) is 0 Å². The molecule has 13 heavy (non-hydrogen) atoms. The SMILES string of the molecule is CCCC1=[C-]CC=C1.Cl.Cl.Cl.[CH3-].[V+2]. The van der Waals surface area contributed by atoms with Crippen LogP contribution in [0.2, 0.25) is 0 Å². The van der Waals surface area contributed by atoms with Gasteiger partial charge >= 0.3 is 18.6 Å². The van der Waals surface area contributed by atoms with E-state index in [2.05, 4.69) is 25.2 Å². The zero-order valence-corrected chi connectivity index (χ0v) is 11.8. The molecule has 0 amide bonds. The van der Waals surface area contributed by atoms with E-state index >= 15 is 0 Å². The Morgan fingerprint density at radius 1 is 1.31 bits per heavy atom. The summed E-state index contributed by atoms with van der Waals surface area (Å²) in [6.07, 6.45) is 11.1. The molecule has 0 aromatic rings. The van der Waals surface area contributed by atoms with Gasteiger partial charge in [0.15, 0.2) is 0 Å². The molecule has 0 bridgehead atoms. The molecule has 0 nitrogen and oxygen atoms in total. The van der Waals surface area contributed by atoms with Gasteiger partial charge in [0.05, 0.1) is 0 Å². The monoisotopic (exact) mass is 281 g/mol. The van der Waals surface area contributed by atoms with Crippen LogP contribution in [0.1, 0.15) is 26.2 Å². The Balaban J connectivity index is -0.0000000427. The van der Waals surface area contributed by atoms with E-state index in [1.165, 1.54) is 18.4 Å². The van der Waals surface area contributed by atoms with E-state index in [0.29, 0.717) is 0 Å². The van der Waals surface area contributed by atoms with Crippen molar-refractivity contribution in [3.05, 3.63) is 31.2 Å². The van der Waals surface area contributed by atoms with Crippen molar-refractivity contribution in [2.45, 2.75) is 26.2 Å². The van der Waals surface area contributed by atoms with Crippen LogP contribution in [0.4, 0.5) is 0 Å². The fourth-order valence-corrected chi connectivity index (χ4v) is 0.891. The smallest absolute Gasteiger partial charge is 0.358 e. The number of allylic oxidation sites excluding steroid dienone is 4. The first-order valence-electron chi connectivity index (χ1n) is 3.19. The van der Waals surface area contributed by atoms with Crippen molar-refractivity contribution in [1.82, 2.24) is 0 Å². The molecule has 0 aromatic heterocycles. The van der Waals surface area contributed by atoms with Crippen LogP contribution in [-0.4, -0.2) is 0 Å². The fraction of sp³-hybridized carbons (Fsp3) is 0.444. The molecule has 4 heteroatoms. The zero-order chi connectivity index (χ0) is 5.82. The molecule has 0 saturated heterocycles. The molecular formula is C9H17Cl3V. The Bertz CT molecular complexity index is 133. The van der Waals surface area contributed by atoms with Gasteiger partial charge in [-0.15, -0.1) is 43.6 Å². The van der Waals surface area contributed by atoms with Gasteiger partial charge in [-0.1, -0.05) is 19.8 Å². The molecule has 1 aliphatic carbocycles. The van der Waals surface area contributed by atoms with Crippen molar-refractivity contribution >= 4 is 37.2 Å². The van der Waals surface area contributed by atoms with Crippen LogP contribution in [0, 0.1) is 13.5 Å². The summed E-state index contributed by atoms with van der Waals surface area (Å²) in [5.41, 5.74) is 1.40. The van der Waals surface area contributed by atoms with Crippen molar-refractivity contribution in [2.75, 3.05) is 0 Å².